The predicted octanol–water partition coefficient (Wildman–Crippen LogP) is 0.841. The summed E-state index contributed by atoms with van der Waals surface area (Å²) in [6, 6.07) is 0. The molecular weight excluding hydrogens is 188 g/mol. The van der Waals surface area contributed by atoms with Crippen molar-refractivity contribution < 1.29 is 24.6 Å². The van der Waals surface area contributed by atoms with Crippen molar-refractivity contribution in [1.82, 2.24) is 0 Å². The molecule has 0 spiro atoms. The van der Waals surface area contributed by atoms with E-state index in [4.69, 9.17) is 10.2 Å². The second kappa shape index (κ2) is 5.16. The molecule has 0 aliphatic rings. The topological polar surface area (TPSA) is 91.7 Å². The highest BCUT2D eigenvalue weighted by Gasteiger charge is 2.21. The number of carbonyl (C=O) groups excluding carboxylic acids is 1. The summed E-state index contributed by atoms with van der Waals surface area (Å²) >= 11 is 0. The van der Waals surface area contributed by atoms with Gasteiger partial charge in [0, 0.05) is 11.1 Å². The number of aliphatic carboxylic acids is 2. The number of rotatable bonds is 5. The maximum Gasteiger partial charge on any atom is 0.376 e. The molecule has 0 aromatic heterocycles. The number of hydrogen-bond acceptors (Lipinski definition) is 3. The normalized spacial score (nSPS) is 11.9. The Bertz CT molecular complexity index is 300. The molecule has 5 nitrogen and oxygen atoms in total. The highest BCUT2D eigenvalue weighted by Crippen LogP contribution is 2.12. The van der Waals surface area contributed by atoms with Crippen molar-refractivity contribution in [3.8, 4) is 0 Å². The van der Waals surface area contributed by atoms with Gasteiger partial charge in [-0.2, -0.15) is 0 Å². The molecule has 5 heteroatoms. The zero-order valence-electron chi connectivity index (χ0n) is 8.03. The van der Waals surface area contributed by atoms with E-state index in [9.17, 15) is 14.4 Å². The molecular formula is C9H12O5. The Hall–Kier alpha value is -1.65. The predicted molar refractivity (Wildman–Crippen MR) is 47.9 cm³/mol. The Morgan fingerprint density at radius 3 is 1.86 bits per heavy atom. The summed E-state index contributed by atoms with van der Waals surface area (Å²) in [7, 11) is 0. The van der Waals surface area contributed by atoms with Crippen LogP contribution >= 0.6 is 0 Å². The quantitative estimate of drug-likeness (QED) is 0.506. The lowest BCUT2D eigenvalue weighted by molar-refractivity contribution is -0.147. The summed E-state index contributed by atoms with van der Waals surface area (Å²) in [6.07, 6.45) is 0.697. The summed E-state index contributed by atoms with van der Waals surface area (Å²) in [5.74, 6) is -4.01. The highest BCUT2D eigenvalue weighted by atomic mass is 16.4. The van der Waals surface area contributed by atoms with Crippen LogP contribution in [0.3, 0.4) is 0 Å². The van der Waals surface area contributed by atoms with Crippen LogP contribution in [0.2, 0.25) is 0 Å². The van der Waals surface area contributed by atoms with Crippen molar-refractivity contribution in [2.24, 2.45) is 0 Å². The van der Waals surface area contributed by atoms with Gasteiger partial charge in [0.1, 0.15) is 0 Å². The molecule has 0 aliphatic carbocycles. The van der Waals surface area contributed by atoms with Gasteiger partial charge in [0.15, 0.2) is 0 Å². The molecule has 0 aromatic carbocycles. The largest absolute Gasteiger partial charge is 0.478 e. The first-order valence-electron chi connectivity index (χ1n) is 4.12. The molecule has 0 amide bonds. The minimum atomic E-state index is -1.62. The average molecular weight is 200 g/mol. The summed E-state index contributed by atoms with van der Waals surface area (Å²) in [5.41, 5.74) is -0.327. The average Bonchev–Trinajstić information content (AvgIpc) is 2.11. The van der Waals surface area contributed by atoms with E-state index in [1.807, 2.05) is 0 Å². The molecule has 0 aromatic rings. The molecule has 0 heterocycles. The van der Waals surface area contributed by atoms with Crippen molar-refractivity contribution in [2.45, 2.75) is 26.7 Å². The second-order valence-corrected chi connectivity index (χ2v) is 2.79. The van der Waals surface area contributed by atoms with Crippen molar-refractivity contribution >= 4 is 17.7 Å². The molecule has 0 unspecified atom stereocenters. The molecule has 2 N–H and O–H groups in total. The van der Waals surface area contributed by atoms with E-state index in [1.54, 1.807) is 6.92 Å². The van der Waals surface area contributed by atoms with E-state index < -0.39 is 17.7 Å². The van der Waals surface area contributed by atoms with Crippen molar-refractivity contribution in [3.05, 3.63) is 11.1 Å². The zero-order valence-corrected chi connectivity index (χ0v) is 8.03. The third-order valence-electron chi connectivity index (χ3n) is 1.74. The first-order chi connectivity index (χ1) is 6.41. The summed E-state index contributed by atoms with van der Waals surface area (Å²) in [6.45, 7) is 2.97. The summed E-state index contributed by atoms with van der Waals surface area (Å²) in [5, 5.41) is 17.0. The van der Waals surface area contributed by atoms with Crippen molar-refractivity contribution in [2.75, 3.05) is 0 Å². The third kappa shape index (κ3) is 3.01. The Morgan fingerprint density at radius 1 is 1.07 bits per heavy atom. The van der Waals surface area contributed by atoms with E-state index >= 15 is 0 Å². The van der Waals surface area contributed by atoms with E-state index in [1.165, 1.54) is 6.92 Å². The number of carboxylic acids is 2. The van der Waals surface area contributed by atoms with Gasteiger partial charge >= 0.3 is 11.9 Å². The molecule has 78 valence electrons. The number of Topliss-reactive ketones (excluding diaryl/α,β-unsaturated/α-hetero) is 1. The van der Waals surface area contributed by atoms with Crippen LogP contribution in [0.4, 0.5) is 0 Å². The van der Waals surface area contributed by atoms with Gasteiger partial charge < -0.3 is 10.2 Å². The fourth-order valence-corrected chi connectivity index (χ4v) is 0.979. The Balaban J connectivity index is 5.13. The van der Waals surface area contributed by atoms with Crippen LogP contribution in [0.1, 0.15) is 26.7 Å². The van der Waals surface area contributed by atoms with E-state index in [2.05, 4.69) is 0 Å². The first kappa shape index (κ1) is 12.3. The lowest BCUT2D eigenvalue weighted by Gasteiger charge is -2.04. The number of hydrogen-bond donors (Lipinski definition) is 2. The van der Waals surface area contributed by atoms with E-state index in [-0.39, 0.29) is 17.6 Å². The fourth-order valence-electron chi connectivity index (χ4n) is 0.979. The van der Waals surface area contributed by atoms with Crippen LogP contribution in [0.5, 0.6) is 0 Å². The van der Waals surface area contributed by atoms with Crippen LogP contribution in [0.15, 0.2) is 11.1 Å². The number of carboxylic acid groups (broad SMARTS) is 2. The molecule has 0 aliphatic heterocycles. The van der Waals surface area contributed by atoms with Gasteiger partial charge in [-0.25, -0.2) is 9.59 Å². The molecule has 0 bridgehead atoms. The van der Waals surface area contributed by atoms with Gasteiger partial charge in [-0.05, 0) is 13.3 Å². The Kier molecular flexibility index (Phi) is 4.55. The second-order valence-electron chi connectivity index (χ2n) is 2.79. The van der Waals surface area contributed by atoms with E-state index in [0.29, 0.717) is 6.42 Å². The fraction of sp³-hybridized carbons (Fsp3) is 0.444. The molecule has 0 fully saturated rings. The van der Waals surface area contributed by atoms with Gasteiger partial charge in [-0.15, -0.1) is 0 Å². The number of carbonyl (C=O) groups is 3. The third-order valence-corrected chi connectivity index (χ3v) is 1.74. The Morgan fingerprint density at radius 2 is 1.57 bits per heavy atom. The standard InChI is InChI=1S/C9H12O5/c1-3-4-6(5(2)8(11)12)7(10)9(13)14/h3-4H2,1-2H3,(H,11,12)(H,13,14)/b6-5+. The molecule has 0 rings (SSSR count). The van der Waals surface area contributed by atoms with Crippen molar-refractivity contribution in [3.63, 3.8) is 0 Å². The van der Waals surface area contributed by atoms with Gasteiger partial charge in [0.05, 0.1) is 0 Å². The first-order valence-corrected chi connectivity index (χ1v) is 4.12. The zero-order chi connectivity index (χ0) is 11.3. The van der Waals surface area contributed by atoms with Crippen LogP contribution in [-0.4, -0.2) is 27.9 Å². The van der Waals surface area contributed by atoms with Crippen molar-refractivity contribution in [1.29, 1.82) is 0 Å². The molecule has 0 saturated carbocycles. The molecule has 0 atom stereocenters. The maximum absolute atomic E-state index is 11.1. The molecule has 0 saturated heterocycles. The monoisotopic (exact) mass is 200 g/mol. The molecule has 0 radical (unpaired) electrons. The van der Waals surface area contributed by atoms with Gasteiger partial charge in [0.2, 0.25) is 0 Å². The SMILES string of the molecule is CCC/C(C(=O)C(=O)O)=C(/C)C(=O)O. The van der Waals surface area contributed by atoms with Gasteiger partial charge in [-0.3, -0.25) is 4.79 Å². The van der Waals surface area contributed by atoms with Crippen LogP contribution in [-0.2, 0) is 14.4 Å². The highest BCUT2D eigenvalue weighted by molar-refractivity contribution is 6.40. The van der Waals surface area contributed by atoms with Crippen LogP contribution in [0, 0.1) is 0 Å². The lowest BCUT2D eigenvalue weighted by Crippen LogP contribution is -2.18. The maximum atomic E-state index is 11.1. The van der Waals surface area contributed by atoms with Gasteiger partial charge in [-0.1, -0.05) is 13.3 Å². The minimum absolute atomic E-state index is 0.132. The smallest absolute Gasteiger partial charge is 0.376 e. The van der Waals surface area contributed by atoms with Crippen LogP contribution in [0.25, 0.3) is 0 Å². The summed E-state index contributed by atoms with van der Waals surface area (Å²) in [4.78, 5) is 32.0. The minimum Gasteiger partial charge on any atom is -0.478 e. The molecule has 14 heavy (non-hydrogen) atoms. The number of ketones is 1. The summed E-state index contributed by atoms with van der Waals surface area (Å²) < 4.78 is 0. The van der Waals surface area contributed by atoms with E-state index in [0.717, 1.165) is 0 Å². The Labute approximate surface area is 81.0 Å². The lowest BCUT2D eigenvalue weighted by atomic mass is 10.0. The van der Waals surface area contributed by atoms with Crippen LogP contribution < -0.4 is 0 Å². The van der Waals surface area contributed by atoms with Gasteiger partial charge in [0.25, 0.3) is 5.78 Å².